The maximum atomic E-state index is 13.9. The lowest BCUT2D eigenvalue weighted by Crippen LogP contribution is -2.52. The molecule has 3 atom stereocenters. The summed E-state index contributed by atoms with van der Waals surface area (Å²) in [5.74, 6) is -1.19. The Morgan fingerprint density at radius 3 is 2.27 bits per heavy atom. The first-order chi connectivity index (χ1) is 23.6. The number of hydrogen-bond donors (Lipinski definition) is 2. The minimum atomic E-state index is -1.38. The lowest BCUT2D eigenvalue weighted by molar-refractivity contribution is -0.904. The zero-order valence-corrected chi connectivity index (χ0v) is 28.6. The molecule has 7 rings (SSSR count). The second kappa shape index (κ2) is 14.9. The Morgan fingerprint density at radius 2 is 1.65 bits per heavy atom. The van der Waals surface area contributed by atoms with Gasteiger partial charge in [0, 0.05) is 34.0 Å². The number of nitrogens with zero attached hydrogens (tertiary/aromatic N) is 2. The molecule has 3 fully saturated rings. The summed E-state index contributed by atoms with van der Waals surface area (Å²) in [5.41, 5.74) is 2.67. The Bertz CT molecular complexity index is 1810. The number of piperidine rings is 3. The summed E-state index contributed by atoms with van der Waals surface area (Å²) >= 11 is 13.1. The third-order valence-corrected chi connectivity index (χ3v) is 10.1. The highest BCUT2D eigenvalue weighted by atomic mass is 35.5. The molecule has 256 valence electrons. The van der Waals surface area contributed by atoms with Crippen LogP contribution in [0.4, 0.5) is 5.69 Å². The summed E-state index contributed by atoms with van der Waals surface area (Å²) in [6, 6.07) is 18.5. The Balaban J connectivity index is 1.41. The van der Waals surface area contributed by atoms with E-state index in [4.69, 9.17) is 37.4 Å². The highest BCUT2D eigenvalue weighted by molar-refractivity contribution is 6.35. The molecule has 0 saturated carbocycles. The largest absolute Gasteiger partial charge is 0.545 e. The average Bonchev–Trinajstić information content (AvgIpc) is 3.10. The fourth-order valence-electron chi connectivity index (χ4n) is 6.89. The van der Waals surface area contributed by atoms with Crippen LogP contribution in [-0.2, 0) is 16.0 Å². The number of aromatic nitrogens is 1. The van der Waals surface area contributed by atoms with E-state index in [1.807, 2.05) is 30.3 Å². The van der Waals surface area contributed by atoms with Crippen molar-refractivity contribution in [1.29, 1.82) is 0 Å². The third-order valence-electron chi connectivity index (χ3n) is 9.48. The Morgan fingerprint density at radius 1 is 0.959 bits per heavy atom. The van der Waals surface area contributed by atoms with Crippen LogP contribution in [0.25, 0.3) is 0 Å². The van der Waals surface area contributed by atoms with E-state index in [1.54, 1.807) is 30.3 Å². The zero-order chi connectivity index (χ0) is 34.7. The molecule has 3 aromatic carbocycles. The number of halogens is 2. The van der Waals surface area contributed by atoms with Gasteiger partial charge in [-0.3, -0.25) is 10.1 Å². The number of nitrogens with one attached hydrogen (secondary N) is 1. The highest BCUT2D eigenvalue weighted by Crippen LogP contribution is 2.40. The fourth-order valence-corrected chi connectivity index (χ4v) is 7.50. The summed E-state index contributed by atoms with van der Waals surface area (Å²) in [7, 11) is 3.04. The summed E-state index contributed by atoms with van der Waals surface area (Å²) in [6.07, 6.45) is 4.56. The number of esters is 1. The number of hydrogen-bond acceptors (Lipinski definition) is 9. The molecule has 1 aromatic heterocycles. The molecule has 0 amide bonds. The number of carbonyl (C=O) groups excluding carboxylic acids is 2. The van der Waals surface area contributed by atoms with Crippen LogP contribution in [0.1, 0.15) is 57.4 Å². The predicted octanol–water partition coefficient (Wildman–Crippen LogP) is 5.06. The van der Waals surface area contributed by atoms with E-state index >= 15 is 0 Å². The number of fused-ring (bicyclic) bond motifs is 3. The van der Waals surface area contributed by atoms with Crippen molar-refractivity contribution in [3.05, 3.63) is 117 Å². The molecule has 0 radical (unpaired) electrons. The number of anilines is 1. The molecule has 1 unspecified atom stereocenters. The summed E-state index contributed by atoms with van der Waals surface area (Å²) < 4.78 is 17.9. The summed E-state index contributed by atoms with van der Waals surface area (Å²) in [4.78, 5) is 28.8. The van der Waals surface area contributed by atoms with Gasteiger partial charge in [0.2, 0.25) is 12.4 Å². The standard InChI is InChI=1S/C37H37Cl2N3O7/c1-47-32-11-8-24(16-33(32)48-2)27(18-29-30(38)19-42(46)20-31(29)39)28-17-25(9-10-26(28)36(43)44)40-35(23-6-4-3-5-7-23)37(45)49-34-21-41-14-12-22(34)13-15-41/h3-11,16-17,19-20,22,27,34-35,40H,12-15,18,21H2,1-2H3,(H-,43,44,46)/t27-,34-,35?/m0/s1. The number of aromatic carboxylic acids is 1. The van der Waals surface area contributed by atoms with Crippen molar-refractivity contribution in [2.24, 2.45) is 5.92 Å². The van der Waals surface area contributed by atoms with Gasteiger partial charge in [0.05, 0.1) is 20.2 Å². The van der Waals surface area contributed by atoms with Crippen LogP contribution in [0.3, 0.4) is 0 Å². The number of carboxylic acids is 1. The number of pyridine rings is 1. The second-order valence-corrected chi connectivity index (χ2v) is 13.2. The SMILES string of the molecule is COc1ccc([C@H](Cc2c(Cl)c[n+](O)cc2Cl)c2cc(NC(C(=O)O[C@H]3CN4CCC3CC4)c3ccccc3)ccc2C(=O)[O-])cc1OC. The second-order valence-electron chi connectivity index (χ2n) is 12.4. The molecule has 4 heterocycles. The van der Waals surface area contributed by atoms with Gasteiger partial charge in [0.15, 0.2) is 17.5 Å². The van der Waals surface area contributed by atoms with Gasteiger partial charge in [-0.1, -0.05) is 65.7 Å². The molecule has 0 aliphatic carbocycles. The number of ether oxygens (including phenoxy) is 3. The number of carbonyl (C=O) groups is 2. The Labute approximate surface area is 294 Å². The molecule has 2 N–H and O–H groups in total. The van der Waals surface area contributed by atoms with Crippen molar-refractivity contribution in [2.75, 3.05) is 39.2 Å². The minimum absolute atomic E-state index is 0.0585. The van der Waals surface area contributed by atoms with Crippen LogP contribution in [0, 0.1) is 5.92 Å². The van der Waals surface area contributed by atoms with Gasteiger partial charge in [-0.25, -0.2) is 4.79 Å². The van der Waals surface area contributed by atoms with Crippen LogP contribution < -0.4 is 24.6 Å². The first kappa shape index (κ1) is 34.4. The number of rotatable bonds is 12. The first-order valence-corrected chi connectivity index (χ1v) is 16.8. The van der Waals surface area contributed by atoms with Gasteiger partial charge in [0.25, 0.3) is 0 Å². The minimum Gasteiger partial charge on any atom is -0.545 e. The number of carboxylic acid groups (broad SMARTS) is 1. The van der Waals surface area contributed by atoms with Crippen molar-refractivity contribution in [1.82, 2.24) is 4.90 Å². The molecule has 10 nitrogen and oxygen atoms in total. The zero-order valence-electron chi connectivity index (χ0n) is 27.1. The van der Waals surface area contributed by atoms with Gasteiger partial charge >= 0.3 is 5.97 Å². The first-order valence-electron chi connectivity index (χ1n) is 16.0. The smallest absolute Gasteiger partial charge is 0.333 e. The highest BCUT2D eigenvalue weighted by Gasteiger charge is 2.38. The van der Waals surface area contributed by atoms with E-state index in [1.165, 1.54) is 32.7 Å². The summed E-state index contributed by atoms with van der Waals surface area (Å²) in [5, 5.41) is 26.3. The van der Waals surface area contributed by atoms with E-state index in [0.29, 0.717) is 45.4 Å². The van der Waals surface area contributed by atoms with Crippen molar-refractivity contribution in [3.8, 4) is 11.5 Å². The maximum absolute atomic E-state index is 13.9. The number of benzene rings is 3. The van der Waals surface area contributed by atoms with Crippen molar-refractivity contribution in [3.63, 3.8) is 0 Å². The molecule has 0 spiro atoms. The van der Waals surface area contributed by atoms with E-state index in [-0.39, 0.29) is 28.1 Å². The van der Waals surface area contributed by atoms with Gasteiger partial charge < -0.3 is 29.4 Å². The molecule has 3 aliphatic heterocycles. The van der Waals surface area contributed by atoms with Crippen LogP contribution in [0.5, 0.6) is 11.5 Å². The molecule has 4 aromatic rings. The lowest BCUT2D eigenvalue weighted by Gasteiger charge is -2.44. The Hall–Kier alpha value is -4.51. The van der Waals surface area contributed by atoms with E-state index < -0.39 is 23.9 Å². The molecule has 3 aliphatic rings. The van der Waals surface area contributed by atoms with Crippen LogP contribution in [0.2, 0.25) is 10.0 Å². The van der Waals surface area contributed by atoms with Gasteiger partial charge in [-0.05, 0) is 79.2 Å². The number of methoxy groups -OCH3 is 2. The average molecular weight is 707 g/mol. The molecular weight excluding hydrogens is 669 g/mol. The van der Waals surface area contributed by atoms with Crippen molar-refractivity contribution < 1.29 is 38.8 Å². The molecule has 49 heavy (non-hydrogen) atoms. The van der Waals surface area contributed by atoms with E-state index in [9.17, 15) is 19.9 Å². The van der Waals surface area contributed by atoms with Gasteiger partial charge in [-0.2, -0.15) is 0 Å². The summed E-state index contributed by atoms with van der Waals surface area (Å²) in [6.45, 7) is 2.76. The normalized spacial score (nSPS) is 19.5. The van der Waals surface area contributed by atoms with Crippen molar-refractivity contribution in [2.45, 2.75) is 37.3 Å². The molecular formula is C37H37Cl2N3O7. The lowest BCUT2D eigenvalue weighted by atomic mass is 9.83. The topological polar surface area (TPSA) is 124 Å². The quantitative estimate of drug-likeness (QED) is 0.118. The van der Waals surface area contributed by atoms with Crippen LogP contribution in [-0.4, -0.2) is 62.0 Å². The van der Waals surface area contributed by atoms with E-state index in [0.717, 1.165) is 37.2 Å². The maximum Gasteiger partial charge on any atom is 0.333 e. The fraction of sp³-hybridized carbons (Fsp3) is 0.324. The molecule has 2 bridgehead atoms. The molecule has 3 saturated heterocycles. The van der Waals surface area contributed by atoms with Crippen LogP contribution in [0.15, 0.2) is 79.1 Å². The third kappa shape index (κ3) is 7.56. The van der Waals surface area contributed by atoms with Gasteiger partial charge in [-0.15, -0.1) is 0 Å². The monoisotopic (exact) mass is 705 g/mol. The molecule has 12 heteroatoms. The van der Waals surface area contributed by atoms with Gasteiger partial charge in [0.1, 0.15) is 16.1 Å². The van der Waals surface area contributed by atoms with Crippen LogP contribution >= 0.6 is 23.2 Å². The van der Waals surface area contributed by atoms with Crippen molar-refractivity contribution >= 4 is 40.8 Å². The van der Waals surface area contributed by atoms with E-state index in [2.05, 4.69) is 10.2 Å². The predicted molar refractivity (Wildman–Crippen MR) is 182 cm³/mol. The Kier molecular flexibility index (Phi) is 10.5.